The highest BCUT2D eigenvalue weighted by Crippen LogP contribution is 2.46. The minimum atomic E-state index is -3.14. The lowest BCUT2D eigenvalue weighted by Gasteiger charge is -2.45. The van der Waals surface area contributed by atoms with E-state index in [4.69, 9.17) is 11.6 Å². The molecule has 1 aromatic heterocycles. The number of rotatable bonds is 6. The summed E-state index contributed by atoms with van der Waals surface area (Å²) in [6, 6.07) is 3.52. The molecule has 3 N–H and O–H groups in total. The van der Waals surface area contributed by atoms with Crippen LogP contribution in [0.5, 0.6) is 0 Å². The molecular weight excluding hydrogens is 501 g/mol. The molecule has 1 fully saturated rings. The fraction of sp³-hybridized carbons (Fsp3) is 0.417. The van der Waals surface area contributed by atoms with Crippen LogP contribution in [0.25, 0.3) is 0 Å². The maximum atomic E-state index is 13.6. The number of carbonyl (C=O) groups excluding carboxylic acids is 4. The van der Waals surface area contributed by atoms with Crippen LogP contribution in [-0.2, 0) is 14.4 Å². The monoisotopic (exact) mass is 524 g/mol. The van der Waals surface area contributed by atoms with Gasteiger partial charge in [0.05, 0.1) is 16.5 Å². The van der Waals surface area contributed by atoms with Gasteiger partial charge in [0, 0.05) is 43.5 Å². The number of likely N-dealkylation sites (N-methyl/N-ethyl adjacent to an activating group) is 1. The Morgan fingerprint density at radius 1 is 1.17 bits per heavy atom. The first-order chi connectivity index (χ1) is 16.8. The third-order valence-corrected chi connectivity index (χ3v) is 7.01. The zero-order valence-electron chi connectivity index (χ0n) is 19.7. The Bertz CT molecular complexity index is 1280. The first-order valence-electron chi connectivity index (χ1n) is 11.2. The lowest BCUT2D eigenvalue weighted by molar-refractivity contribution is -0.164. The van der Waals surface area contributed by atoms with E-state index >= 15 is 0 Å². The molecule has 1 aliphatic carbocycles. The lowest BCUT2D eigenvalue weighted by atomic mass is 9.72. The van der Waals surface area contributed by atoms with Gasteiger partial charge in [-0.15, -0.1) is 0 Å². The SMILES string of the molecule is CNC(=O)C1(NC(=O)C(=O)c2c(C)cn3c2C(C(=O)Nc2ccc(F)c(Cl)c2)CC3C)CC(F)(F)C1. The van der Waals surface area contributed by atoms with Crippen LogP contribution in [0.3, 0.4) is 0 Å². The van der Waals surface area contributed by atoms with Gasteiger partial charge in [-0.25, -0.2) is 13.2 Å². The van der Waals surface area contributed by atoms with Crippen LogP contribution in [0, 0.1) is 12.7 Å². The Labute approximate surface area is 209 Å². The van der Waals surface area contributed by atoms with Crippen LogP contribution >= 0.6 is 11.6 Å². The number of anilines is 1. The second kappa shape index (κ2) is 8.95. The summed E-state index contributed by atoms with van der Waals surface area (Å²) in [4.78, 5) is 51.6. The molecule has 0 radical (unpaired) electrons. The first-order valence-corrected chi connectivity index (χ1v) is 11.6. The third-order valence-electron chi connectivity index (χ3n) is 6.72. The maximum absolute atomic E-state index is 13.6. The standard InChI is InChI=1S/C24H24ClF3N4O4/c1-11-8-32-12(2)6-14(20(34)30-13-4-5-16(26)15(25)7-13)18(32)17(11)19(33)21(35)31-23(22(36)29-3)9-24(27,28)10-23/h4-5,7-8,12,14H,6,9-10H2,1-3H3,(H,29,36)(H,30,34)(H,31,35). The second-order valence-corrected chi connectivity index (χ2v) is 9.80. The third kappa shape index (κ3) is 4.36. The molecule has 4 rings (SSSR count). The number of nitrogens with zero attached hydrogens (tertiary/aromatic N) is 1. The molecule has 3 amide bonds. The Balaban J connectivity index is 1.61. The predicted octanol–water partition coefficient (Wildman–Crippen LogP) is 3.49. The summed E-state index contributed by atoms with van der Waals surface area (Å²) in [5.41, 5.74) is -0.934. The quantitative estimate of drug-likeness (QED) is 0.397. The summed E-state index contributed by atoms with van der Waals surface area (Å²) in [6.45, 7) is 3.44. The number of aromatic nitrogens is 1. The van der Waals surface area contributed by atoms with Gasteiger partial charge in [-0.05, 0) is 44.0 Å². The van der Waals surface area contributed by atoms with Crippen LogP contribution in [-0.4, -0.2) is 46.6 Å². The summed E-state index contributed by atoms with van der Waals surface area (Å²) in [5, 5.41) is 6.94. The number of aryl methyl sites for hydroxylation is 1. The summed E-state index contributed by atoms with van der Waals surface area (Å²) in [5.74, 6) is -8.17. The van der Waals surface area contributed by atoms with Crippen LogP contribution in [0.1, 0.15) is 59.8 Å². The van der Waals surface area contributed by atoms with Crippen molar-refractivity contribution in [2.75, 3.05) is 12.4 Å². The fourth-order valence-electron chi connectivity index (χ4n) is 5.05. The topological polar surface area (TPSA) is 109 Å². The van der Waals surface area contributed by atoms with Gasteiger partial charge < -0.3 is 20.5 Å². The minimum Gasteiger partial charge on any atom is -0.357 e. The molecule has 2 atom stereocenters. The van der Waals surface area contributed by atoms with E-state index < -0.39 is 59.5 Å². The van der Waals surface area contributed by atoms with Gasteiger partial charge in [0.2, 0.25) is 11.8 Å². The van der Waals surface area contributed by atoms with Crippen molar-refractivity contribution in [2.45, 2.75) is 56.5 Å². The Hall–Kier alpha value is -3.34. The van der Waals surface area contributed by atoms with Crippen molar-refractivity contribution in [3.63, 3.8) is 0 Å². The molecule has 1 aliphatic heterocycles. The predicted molar refractivity (Wildman–Crippen MR) is 125 cm³/mol. The van der Waals surface area contributed by atoms with E-state index in [1.165, 1.54) is 19.2 Å². The van der Waals surface area contributed by atoms with E-state index in [2.05, 4.69) is 16.0 Å². The highest BCUT2D eigenvalue weighted by molar-refractivity contribution is 6.44. The number of benzene rings is 1. The molecule has 2 aromatic rings. The second-order valence-electron chi connectivity index (χ2n) is 9.39. The Morgan fingerprint density at radius 3 is 2.42 bits per heavy atom. The van der Waals surface area contributed by atoms with E-state index in [1.54, 1.807) is 17.7 Å². The lowest BCUT2D eigenvalue weighted by Crippen LogP contribution is -2.69. The molecule has 192 valence electrons. The number of nitrogens with one attached hydrogen (secondary N) is 3. The van der Waals surface area contributed by atoms with Crippen LogP contribution < -0.4 is 16.0 Å². The number of alkyl halides is 2. The van der Waals surface area contributed by atoms with E-state index in [-0.39, 0.29) is 22.3 Å². The minimum absolute atomic E-state index is 0.0210. The Morgan fingerprint density at radius 2 is 1.83 bits per heavy atom. The zero-order valence-corrected chi connectivity index (χ0v) is 20.4. The molecular formula is C24H24ClF3N4O4. The molecule has 36 heavy (non-hydrogen) atoms. The van der Waals surface area contributed by atoms with Crippen molar-refractivity contribution in [2.24, 2.45) is 0 Å². The molecule has 1 aromatic carbocycles. The molecule has 0 spiro atoms. The number of hydrogen-bond acceptors (Lipinski definition) is 4. The van der Waals surface area contributed by atoms with Gasteiger partial charge in [-0.3, -0.25) is 19.2 Å². The van der Waals surface area contributed by atoms with Crippen molar-refractivity contribution in [1.29, 1.82) is 0 Å². The largest absolute Gasteiger partial charge is 0.357 e. The maximum Gasteiger partial charge on any atom is 0.293 e. The number of amides is 3. The molecule has 2 heterocycles. The van der Waals surface area contributed by atoms with E-state index in [1.807, 2.05) is 6.92 Å². The van der Waals surface area contributed by atoms with Crippen LogP contribution in [0.2, 0.25) is 5.02 Å². The van der Waals surface area contributed by atoms with E-state index in [0.717, 1.165) is 6.07 Å². The van der Waals surface area contributed by atoms with E-state index in [0.29, 0.717) is 17.7 Å². The zero-order chi connectivity index (χ0) is 26.6. The number of ketones is 1. The molecule has 0 saturated heterocycles. The average molecular weight is 525 g/mol. The molecule has 1 saturated carbocycles. The van der Waals surface area contributed by atoms with Crippen LogP contribution in [0.15, 0.2) is 24.4 Å². The number of halogens is 4. The van der Waals surface area contributed by atoms with Gasteiger partial charge in [0.15, 0.2) is 0 Å². The molecule has 12 heteroatoms. The number of hydrogen-bond donors (Lipinski definition) is 3. The number of fused-ring (bicyclic) bond motifs is 1. The van der Waals surface area contributed by atoms with Crippen LogP contribution in [0.4, 0.5) is 18.9 Å². The highest BCUT2D eigenvalue weighted by Gasteiger charge is 2.62. The van der Waals surface area contributed by atoms with Gasteiger partial charge in [-0.1, -0.05) is 11.6 Å². The highest BCUT2D eigenvalue weighted by atomic mass is 35.5. The first kappa shape index (κ1) is 25.7. The average Bonchev–Trinajstić information content (AvgIpc) is 3.29. The van der Waals surface area contributed by atoms with Crippen molar-refractivity contribution in [3.05, 3.63) is 52.1 Å². The number of carbonyl (C=O) groups is 4. The van der Waals surface area contributed by atoms with Crippen molar-refractivity contribution < 1.29 is 32.3 Å². The smallest absolute Gasteiger partial charge is 0.293 e. The van der Waals surface area contributed by atoms with E-state index in [9.17, 15) is 32.3 Å². The number of Topliss-reactive ketones (excluding diaryl/α,β-unsaturated/α-hetero) is 1. The summed E-state index contributed by atoms with van der Waals surface area (Å²) >= 11 is 5.79. The van der Waals surface area contributed by atoms with Gasteiger partial charge in [0.1, 0.15) is 11.4 Å². The van der Waals surface area contributed by atoms with Gasteiger partial charge in [0.25, 0.3) is 17.6 Å². The normalized spacial score (nSPS) is 21.2. The molecule has 2 aliphatic rings. The fourth-order valence-corrected chi connectivity index (χ4v) is 5.23. The Kier molecular flexibility index (Phi) is 6.40. The molecule has 2 unspecified atom stereocenters. The van der Waals surface area contributed by atoms with Gasteiger partial charge in [-0.2, -0.15) is 0 Å². The van der Waals surface area contributed by atoms with Crippen molar-refractivity contribution in [3.8, 4) is 0 Å². The molecule has 8 nitrogen and oxygen atoms in total. The summed E-state index contributed by atoms with van der Waals surface area (Å²) in [6.07, 6.45) is 0.128. The van der Waals surface area contributed by atoms with Gasteiger partial charge >= 0.3 is 0 Å². The summed E-state index contributed by atoms with van der Waals surface area (Å²) in [7, 11) is 1.25. The molecule has 0 bridgehead atoms. The van der Waals surface area contributed by atoms with Crippen molar-refractivity contribution in [1.82, 2.24) is 15.2 Å². The van der Waals surface area contributed by atoms with Crippen molar-refractivity contribution >= 4 is 40.8 Å². The summed E-state index contributed by atoms with van der Waals surface area (Å²) < 4.78 is 42.4.